The van der Waals surface area contributed by atoms with Crippen LogP contribution in [0.25, 0.3) is 0 Å². The molecular weight excluding hydrogens is 350 g/mol. The lowest BCUT2D eigenvalue weighted by molar-refractivity contribution is -0.122. The van der Waals surface area contributed by atoms with Crippen molar-refractivity contribution in [2.45, 2.75) is 13.0 Å². The Morgan fingerprint density at radius 3 is 2.54 bits per heavy atom. The average molecular weight is 371 g/mol. The Bertz CT molecular complexity index is 738. The molecule has 1 fully saturated rings. The smallest absolute Gasteiger partial charge is 0.290 e. The van der Waals surface area contributed by atoms with E-state index in [9.17, 15) is 4.79 Å². The normalized spacial score (nSPS) is 14.5. The second-order valence-electron chi connectivity index (χ2n) is 5.85. The minimum absolute atomic E-state index is 0.145. The van der Waals surface area contributed by atoms with E-state index in [2.05, 4.69) is 11.0 Å². The lowest BCUT2D eigenvalue weighted by Gasteiger charge is -2.21. The molecule has 6 nitrogen and oxygen atoms in total. The molecular formula is C19H21N3O3S. The highest BCUT2D eigenvalue weighted by atomic mass is 32.1. The fraction of sp³-hybridized carbons (Fsp3) is 0.316. The van der Waals surface area contributed by atoms with Crippen molar-refractivity contribution >= 4 is 23.7 Å². The van der Waals surface area contributed by atoms with Crippen LogP contribution in [0.2, 0.25) is 0 Å². The van der Waals surface area contributed by atoms with Crippen LogP contribution < -0.4 is 0 Å². The first-order chi connectivity index (χ1) is 12.7. The first-order valence-corrected chi connectivity index (χ1v) is 9.23. The third-order valence-electron chi connectivity index (χ3n) is 4.13. The molecule has 0 unspecified atom stereocenters. The van der Waals surface area contributed by atoms with Gasteiger partial charge in [0.05, 0.1) is 17.2 Å². The molecule has 1 amide bonds. The SMILES string of the molecule is N#Cc1ccc(CN2CCCN(C(=O)c3ccsc3)CC2)cc1.O=CO. The van der Waals surface area contributed by atoms with Crippen LogP contribution in [0.4, 0.5) is 0 Å². The molecule has 0 bridgehead atoms. The Balaban J connectivity index is 0.000000758. The number of benzene rings is 1. The molecule has 7 heteroatoms. The fourth-order valence-corrected chi connectivity index (χ4v) is 3.47. The van der Waals surface area contributed by atoms with Gasteiger partial charge in [0.15, 0.2) is 0 Å². The highest BCUT2D eigenvalue weighted by Gasteiger charge is 2.20. The Kier molecular flexibility index (Phi) is 7.80. The summed E-state index contributed by atoms with van der Waals surface area (Å²) in [6.45, 7) is 4.08. The molecule has 0 saturated carbocycles. The lowest BCUT2D eigenvalue weighted by atomic mass is 10.1. The predicted molar refractivity (Wildman–Crippen MR) is 100.0 cm³/mol. The van der Waals surface area contributed by atoms with Gasteiger partial charge in [-0.1, -0.05) is 12.1 Å². The number of hydrogen-bond acceptors (Lipinski definition) is 5. The summed E-state index contributed by atoms with van der Waals surface area (Å²) in [5.74, 6) is 0.145. The van der Waals surface area contributed by atoms with E-state index in [-0.39, 0.29) is 12.4 Å². The van der Waals surface area contributed by atoms with Gasteiger partial charge >= 0.3 is 0 Å². The van der Waals surface area contributed by atoms with Crippen LogP contribution in [0.15, 0.2) is 41.1 Å². The van der Waals surface area contributed by atoms with Crippen LogP contribution in [-0.2, 0) is 11.3 Å². The van der Waals surface area contributed by atoms with Gasteiger partial charge < -0.3 is 10.0 Å². The van der Waals surface area contributed by atoms with E-state index in [1.807, 2.05) is 46.0 Å². The molecule has 136 valence electrons. The van der Waals surface area contributed by atoms with Crippen molar-refractivity contribution < 1.29 is 14.7 Å². The molecule has 26 heavy (non-hydrogen) atoms. The number of thiophene rings is 1. The zero-order valence-corrected chi connectivity index (χ0v) is 15.2. The van der Waals surface area contributed by atoms with Crippen LogP contribution in [-0.4, -0.2) is 53.5 Å². The summed E-state index contributed by atoms with van der Waals surface area (Å²) in [5.41, 5.74) is 2.70. The molecule has 1 aromatic heterocycles. The minimum atomic E-state index is -0.250. The number of amides is 1. The zero-order chi connectivity index (χ0) is 18.8. The summed E-state index contributed by atoms with van der Waals surface area (Å²) in [7, 11) is 0. The monoisotopic (exact) mass is 371 g/mol. The summed E-state index contributed by atoms with van der Waals surface area (Å²) in [5, 5.41) is 19.6. The maximum absolute atomic E-state index is 12.4. The maximum Gasteiger partial charge on any atom is 0.290 e. The molecule has 2 heterocycles. The van der Waals surface area contributed by atoms with E-state index in [0.29, 0.717) is 5.56 Å². The molecule has 0 aliphatic carbocycles. The average Bonchev–Trinajstić information content (AvgIpc) is 3.10. The number of carboxylic acid groups (broad SMARTS) is 1. The number of nitrogens with zero attached hydrogens (tertiary/aromatic N) is 3. The largest absolute Gasteiger partial charge is 0.483 e. The van der Waals surface area contributed by atoms with Gasteiger partial charge in [-0.2, -0.15) is 16.6 Å². The Morgan fingerprint density at radius 2 is 1.92 bits per heavy atom. The molecule has 1 aliphatic heterocycles. The Hall–Kier alpha value is -2.69. The van der Waals surface area contributed by atoms with Crippen molar-refractivity contribution in [3.63, 3.8) is 0 Å². The van der Waals surface area contributed by atoms with E-state index in [0.717, 1.165) is 44.7 Å². The van der Waals surface area contributed by atoms with Crippen LogP contribution in [0.3, 0.4) is 0 Å². The van der Waals surface area contributed by atoms with E-state index in [1.165, 1.54) is 5.56 Å². The molecule has 1 N–H and O–H groups in total. The number of carbonyl (C=O) groups excluding carboxylic acids is 1. The first-order valence-electron chi connectivity index (χ1n) is 8.28. The standard InChI is InChI=1S/C18H19N3OS.CH2O2/c19-12-15-2-4-16(5-3-15)13-20-7-1-8-21(10-9-20)18(22)17-6-11-23-14-17;2-1-3/h2-6,11,14H,1,7-10,13H2;1H,(H,2,3). The predicted octanol–water partition coefficient (Wildman–Crippen LogP) is 2.67. The summed E-state index contributed by atoms with van der Waals surface area (Å²) < 4.78 is 0. The minimum Gasteiger partial charge on any atom is -0.483 e. The maximum atomic E-state index is 12.4. The van der Waals surface area contributed by atoms with Gasteiger partial charge in [-0.05, 0) is 35.6 Å². The van der Waals surface area contributed by atoms with Crippen molar-refractivity contribution in [2.24, 2.45) is 0 Å². The summed E-state index contributed by atoms with van der Waals surface area (Å²) in [4.78, 5) is 25.1. The molecule has 2 aromatic rings. The van der Waals surface area contributed by atoms with E-state index < -0.39 is 0 Å². The highest BCUT2D eigenvalue weighted by molar-refractivity contribution is 7.08. The van der Waals surface area contributed by atoms with Crippen LogP contribution in [0, 0.1) is 11.3 Å². The van der Waals surface area contributed by atoms with E-state index >= 15 is 0 Å². The van der Waals surface area contributed by atoms with Crippen LogP contribution in [0.5, 0.6) is 0 Å². The molecule has 3 rings (SSSR count). The second-order valence-corrected chi connectivity index (χ2v) is 6.63. The topological polar surface area (TPSA) is 84.6 Å². The van der Waals surface area contributed by atoms with E-state index in [1.54, 1.807) is 11.3 Å². The number of carbonyl (C=O) groups is 2. The number of nitriles is 1. The second kappa shape index (κ2) is 10.3. The molecule has 1 aromatic carbocycles. The van der Waals surface area contributed by atoms with Gasteiger partial charge in [0.1, 0.15) is 0 Å². The van der Waals surface area contributed by atoms with Gasteiger partial charge in [-0.3, -0.25) is 14.5 Å². The van der Waals surface area contributed by atoms with Crippen molar-refractivity contribution in [3.05, 3.63) is 57.8 Å². The Morgan fingerprint density at radius 1 is 1.19 bits per heavy atom. The van der Waals surface area contributed by atoms with Gasteiger partial charge in [0.25, 0.3) is 12.4 Å². The third kappa shape index (κ3) is 5.69. The van der Waals surface area contributed by atoms with E-state index in [4.69, 9.17) is 15.2 Å². The quantitative estimate of drug-likeness (QED) is 0.839. The van der Waals surface area contributed by atoms with Crippen LogP contribution >= 0.6 is 11.3 Å². The molecule has 1 aliphatic rings. The Labute approximate surface area is 156 Å². The van der Waals surface area contributed by atoms with Gasteiger partial charge in [0, 0.05) is 38.1 Å². The van der Waals surface area contributed by atoms with Crippen molar-refractivity contribution in [1.29, 1.82) is 5.26 Å². The van der Waals surface area contributed by atoms with Gasteiger partial charge in [-0.25, -0.2) is 0 Å². The van der Waals surface area contributed by atoms with Crippen molar-refractivity contribution in [3.8, 4) is 6.07 Å². The van der Waals surface area contributed by atoms with Crippen LogP contribution in [0.1, 0.15) is 27.9 Å². The summed E-state index contributed by atoms with van der Waals surface area (Å²) >= 11 is 1.56. The van der Waals surface area contributed by atoms with Gasteiger partial charge in [0.2, 0.25) is 0 Å². The summed E-state index contributed by atoms with van der Waals surface area (Å²) in [6.07, 6.45) is 0.992. The number of rotatable bonds is 3. The fourth-order valence-electron chi connectivity index (χ4n) is 2.84. The molecule has 0 atom stereocenters. The van der Waals surface area contributed by atoms with Gasteiger partial charge in [-0.15, -0.1) is 0 Å². The number of hydrogen-bond donors (Lipinski definition) is 1. The summed E-state index contributed by atoms with van der Waals surface area (Å²) in [6, 6.07) is 11.8. The highest BCUT2D eigenvalue weighted by Crippen LogP contribution is 2.14. The third-order valence-corrected chi connectivity index (χ3v) is 4.82. The first kappa shape index (κ1) is 19.6. The van der Waals surface area contributed by atoms with Crippen molar-refractivity contribution in [2.75, 3.05) is 26.2 Å². The van der Waals surface area contributed by atoms with Crippen molar-refractivity contribution in [1.82, 2.24) is 9.80 Å². The molecule has 1 saturated heterocycles. The lowest BCUT2D eigenvalue weighted by Crippen LogP contribution is -2.34. The molecule has 0 spiro atoms. The zero-order valence-electron chi connectivity index (χ0n) is 14.4. The molecule has 0 radical (unpaired) electrons.